The number of nitrogens with zero attached hydrogens (tertiary/aromatic N) is 2. The Morgan fingerprint density at radius 1 is 1.65 bits per heavy atom. The van der Waals surface area contributed by atoms with E-state index in [2.05, 4.69) is 20.6 Å². The third-order valence-electron chi connectivity index (χ3n) is 2.51. The van der Waals surface area contributed by atoms with E-state index in [1.165, 1.54) is 0 Å². The number of hydrogen-bond acceptors (Lipinski definition) is 5. The highest BCUT2D eigenvalue weighted by molar-refractivity contribution is 7.80. The fourth-order valence-corrected chi connectivity index (χ4v) is 1.72. The highest BCUT2D eigenvalue weighted by Crippen LogP contribution is 2.09. The Kier molecular flexibility index (Phi) is 3.48. The van der Waals surface area contributed by atoms with Crippen LogP contribution in [0.5, 0.6) is 0 Å². The number of carbonyl (C=O) groups excluding carboxylic acids is 1. The molecule has 1 amide bonds. The minimum absolute atomic E-state index is 0.0841. The number of rotatable bonds is 3. The lowest BCUT2D eigenvalue weighted by Gasteiger charge is -2.23. The van der Waals surface area contributed by atoms with Crippen molar-refractivity contribution in [3.63, 3.8) is 0 Å². The van der Waals surface area contributed by atoms with Crippen molar-refractivity contribution >= 4 is 29.1 Å². The van der Waals surface area contributed by atoms with E-state index in [9.17, 15) is 4.79 Å². The van der Waals surface area contributed by atoms with E-state index in [-0.39, 0.29) is 16.9 Å². The molecule has 1 aliphatic heterocycles. The number of amides is 1. The van der Waals surface area contributed by atoms with Crippen molar-refractivity contribution in [1.29, 1.82) is 0 Å². The fourth-order valence-electron chi connectivity index (χ4n) is 1.60. The molecule has 2 heterocycles. The zero-order chi connectivity index (χ0) is 12.3. The molecule has 0 spiro atoms. The zero-order valence-corrected chi connectivity index (χ0v) is 9.96. The zero-order valence-electron chi connectivity index (χ0n) is 9.14. The van der Waals surface area contributed by atoms with Crippen LogP contribution in [0, 0.1) is 0 Å². The quantitative estimate of drug-likeness (QED) is 0.644. The van der Waals surface area contributed by atoms with E-state index in [4.69, 9.17) is 18.0 Å². The molecule has 7 heteroatoms. The van der Waals surface area contributed by atoms with Gasteiger partial charge in [-0.15, -0.1) is 0 Å². The van der Waals surface area contributed by atoms with Gasteiger partial charge in [-0.3, -0.25) is 4.79 Å². The molecule has 0 aromatic carbocycles. The highest BCUT2D eigenvalue weighted by Gasteiger charge is 2.18. The lowest BCUT2D eigenvalue weighted by Crippen LogP contribution is -2.42. The SMILES string of the molecule is NC(=S)c1ccnc(NC2CCC(=O)NC2)n1. The smallest absolute Gasteiger partial charge is 0.223 e. The average molecular weight is 251 g/mol. The highest BCUT2D eigenvalue weighted by atomic mass is 32.1. The maximum absolute atomic E-state index is 11.0. The van der Waals surface area contributed by atoms with E-state index in [1.807, 2.05) is 0 Å². The normalized spacial score (nSPS) is 19.5. The summed E-state index contributed by atoms with van der Waals surface area (Å²) >= 11 is 4.84. The summed E-state index contributed by atoms with van der Waals surface area (Å²) in [4.78, 5) is 19.5. The molecule has 1 fully saturated rings. The number of nitrogens with one attached hydrogen (secondary N) is 2. The van der Waals surface area contributed by atoms with E-state index in [0.29, 0.717) is 24.6 Å². The van der Waals surface area contributed by atoms with E-state index in [1.54, 1.807) is 12.3 Å². The summed E-state index contributed by atoms with van der Waals surface area (Å²) in [5, 5.41) is 5.93. The average Bonchev–Trinajstić information content (AvgIpc) is 2.32. The van der Waals surface area contributed by atoms with Crippen LogP contribution in [0.25, 0.3) is 0 Å². The number of aromatic nitrogens is 2. The molecule has 1 unspecified atom stereocenters. The number of carbonyl (C=O) groups is 1. The van der Waals surface area contributed by atoms with Gasteiger partial charge >= 0.3 is 0 Å². The molecule has 4 N–H and O–H groups in total. The van der Waals surface area contributed by atoms with E-state index < -0.39 is 0 Å². The Hall–Kier alpha value is -1.76. The van der Waals surface area contributed by atoms with Gasteiger partial charge in [0.15, 0.2) is 0 Å². The van der Waals surface area contributed by atoms with Crippen LogP contribution in [0.1, 0.15) is 18.5 Å². The molecular formula is C10H13N5OS. The van der Waals surface area contributed by atoms with Crippen molar-refractivity contribution in [2.24, 2.45) is 5.73 Å². The minimum atomic E-state index is 0.0841. The monoisotopic (exact) mass is 251 g/mol. The maximum atomic E-state index is 11.0. The Labute approximate surface area is 104 Å². The molecule has 0 aliphatic carbocycles. The fraction of sp³-hybridized carbons (Fsp3) is 0.400. The topological polar surface area (TPSA) is 92.9 Å². The molecule has 1 aliphatic rings. The molecule has 0 radical (unpaired) electrons. The molecule has 90 valence electrons. The number of thiocarbonyl (C=S) groups is 1. The first-order valence-corrected chi connectivity index (χ1v) is 5.72. The van der Waals surface area contributed by atoms with E-state index in [0.717, 1.165) is 6.42 Å². The predicted octanol–water partition coefficient (Wildman–Crippen LogP) is -0.199. The first kappa shape index (κ1) is 11.7. The number of anilines is 1. The van der Waals surface area contributed by atoms with Gasteiger partial charge in [-0.25, -0.2) is 9.97 Å². The predicted molar refractivity (Wildman–Crippen MR) is 67.6 cm³/mol. The molecule has 2 rings (SSSR count). The maximum Gasteiger partial charge on any atom is 0.223 e. The number of nitrogens with two attached hydrogens (primary N) is 1. The van der Waals surface area contributed by atoms with Gasteiger partial charge in [0.05, 0.1) is 0 Å². The number of hydrogen-bond donors (Lipinski definition) is 3. The first-order chi connectivity index (χ1) is 8.15. The Morgan fingerprint density at radius 2 is 2.47 bits per heavy atom. The lowest BCUT2D eigenvalue weighted by atomic mass is 10.1. The Morgan fingerprint density at radius 3 is 3.12 bits per heavy atom. The summed E-state index contributed by atoms with van der Waals surface area (Å²) in [7, 11) is 0. The van der Waals surface area contributed by atoms with Gasteiger partial charge in [-0.1, -0.05) is 12.2 Å². The molecule has 0 bridgehead atoms. The van der Waals surface area contributed by atoms with Crippen LogP contribution in [0.15, 0.2) is 12.3 Å². The summed E-state index contributed by atoms with van der Waals surface area (Å²) < 4.78 is 0. The molecular weight excluding hydrogens is 238 g/mol. The third-order valence-corrected chi connectivity index (χ3v) is 2.72. The van der Waals surface area contributed by atoms with Gasteiger partial charge in [-0.05, 0) is 12.5 Å². The van der Waals surface area contributed by atoms with Crippen molar-refractivity contribution in [2.75, 3.05) is 11.9 Å². The minimum Gasteiger partial charge on any atom is -0.388 e. The summed E-state index contributed by atoms with van der Waals surface area (Å²) in [6, 6.07) is 1.81. The second-order valence-corrected chi connectivity index (χ2v) is 4.25. The van der Waals surface area contributed by atoms with Gasteiger partial charge < -0.3 is 16.4 Å². The van der Waals surface area contributed by atoms with Crippen molar-refractivity contribution in [2.45, 2.75) is 18.9 Å². The summed E-state index contributed by atoms with van der Waals surface area (Å²) in [6.45, 7) is 0.583. The molecule has 1 atom stereocenters. The van der Waals surface area contributed by atoms with Gasteiger partial charge in [0.25, 0.3) is 0 Å². The number of piperidine rings is 1. The summed E-state index contributed by atoms with van der Waals surface area (Å²) in [5.41, 5.74) is 6.03. The van der Waals surface area contributed by atoms with Crippen molar-refractivity contribution < 1.29 is 4.79 Å². The third kappa shape index (κ3) is 3.10. The van der Waals surface area contributed by atoms with Crippen LogP contribution < -0.4 is 16.4 Å². The summed E-state index contributed by atoms with van der Waals surface area (Å²) in [6.07, 6.45) is 2.89. The van der Waals surface area contributed by atoms with Crippen molar-refractivity contribution in [3.05, 3.63) is 18.0 Å². The molecule has 0 saturated carbocycles. The molecule has 6 nitrogen and oxygen atoms in total. The molecule has 1 aromatic heterocycles. The first-order valence-electron chi connectivity index (χ1n) is 5.31. The molecule has 1 aromatic rings. The van der Waals surface area contributed by atoms with E-state index >= 15 is 0 Å². The van der Waals surface area contributed by atoms with Crippen molar-refractivity contribution in [3.8, 4) is 0 Å². The van der Waals surface area contributed by atoms with Crippen LogP contribution in [0.3, 0.4) is 0 Å². The van der Waals surface area contributed by atoms with Gasteiger partial charge in [0.1, 0.15) is 10.7 Å². The molecule has 1 saturated heterocycles. The standard InChI is InChI=1S/C10H13N5OS/c11-9(17)7-3-4-12-10(15-7)14-6-1-2-8(16)13-5-6/h3-4,6H,1-2,5H2,(H2,11,17)(H,13,16)(H,12,14,15). The van der Waals surface area contributed by atoms with Crippen LogP contribution in [-0.2, 0) is 4.79 Å². The van der Waals surface area contributed by atoms with Crippen LogP contribution >= 0.6 is 12.2 Å². The van der Waals surface area contributed by atoms with Crippen LogP contribution in [0.2, 0.25) is 0 Å². The Bertz CT molecular complexity index is 440. The largest absolute Gasteiger partial charge is 0.388 e. The second kappa shape index (κ2) is 5.05. The van der Waals surface area contributed by atoms with Crippen LogP contribution in [0.4, 0.5) is 5.95 Å². The van der Waals surface area contributed by atoms with Gasteiger partial charge in [-0.2, -0.15) is 0 Å². The molecule has 17 heavy (non-hydrogen) atoms. The lowest BCUT2D eigenvalue weighted by molar-refractivity contribution is -0.122. The second-order valence-electron chi connectivity index (χ2n) is 3.81. The Balaban J connectivity index is 2.01. The van der Waals surface area contributed by atoms with Gasteiger partial charge in [0, 0.05) is 25.2 Å². The van der Waals surface area contributed by atoms with Gasteiger partial charge in [0.2, 0.25) is 11.9 Å². The van der Waals surface area contributed by atoms with Crippen LogP contribution in [-0.4, -0.2) is 33.5 Å². The van der Waals surface area contributed by atoms with Crippen molar-refractivity contribution in [1.82, 2.24) is 15.3 Å². The summed E-state index contributed by atoms with van der Waals surface area (Å²) in [5.74, 6) is 0.567.